The molecule has 1 N–H and O–H groups in total. The highest BCUT2D eigenvalue weighted by Gasteiger charge is 2.11. The summed E-state index contributed by atoms with van der Waals surface area (Å²) in [6.07, 6.45) is 0.0294. The number of hydrogen-bond acceptors (Lipinski definition) is 1. The third kappa shape index (κ3) is 3.45. The maximum Gasteiger partial charge on any atom is 0.228 e. The Balaban J connectivity index is 2.15. The second-order valence-electron chi connectivity index (χ2n) is 4.73. The third-order valence-corrected chi connectivity index (χ3v) is 3.53. The lowest BCUT2D eigenvalue weighted by Crippen LogP contribution is -2.16. The lowest BCUT2D eigenvalue weighted by molar-refractivity contribution is -0.115. The molecule has 0 spiro atoms. The second-order valence-corrected chi connectivity index (χ2v) is 5.65. The van der Waals surface area contributed by atoms with Crippen LogP contribution in [0.2, 0.25) is 0 Å². The molecule has 104 valence electrons. The SMILES string of the molecule is Cc1cc(Br)cc(C)c1NC(=O)Cc1ccccc1F. The van der Waals surface area contributed by atoms with Gasteiger partial charge in [0.15, 0.2) is 0 Å². The number of anilines is 1. The first kappa shape index (κ1) is 14.7. The summed E-state index contributed by atoms with van der Waals surface area (Å²) in [6, 6.07) is 10.2. The first-order valence-corrected chi connectivity index (χ1v) is 7.06. The Hall–Kier alpha value is -1.68. The van der Waals surface area contributed by atoms with Crippen LogP contribution in [0.4, 0.5) is 10.1 Å². The van der Waals surface area contributed by atoms with Gasteiger partial charge < -0.3 is 5.32 Å². The molecular formula is C16H15BrFNO. The van der Waals surface area contributed by atoms with E-state index < -0.39 is 0 Å². The Morgan fingerprint density at radius 2 is 1.80 bits per heavy atom. The fraction of sp³-hybridized carbons (Fsp3) is 0.188. The zero-order valence-corrected chi connectivity index (χ0v) is 12.9. The third-order valence-electron chi connectivity index (χ3n) is 3.07. The number of amides is 1. The molecule has 0 bridgehead atoms. The van der Waals surface area contributed by atoms with Crippen molar-refractivity contribution in [2.24, 2.45) is 0 Å². The first-order chi connectivity index (χ1) is 9.47. The summed E-state index contributed by atoms with van der Waals surface area (Å²) >= 11 is 3.41. The van der Waals surface area contributed by atoms with Crippen molar-refractivity contribution in [1.82, 2.24) is 0 Å². The van der Waals surface area contributed by atoms with E-state index >= 15 is 0 Å². The number of benzene rings is 2. The van der Waals surface area contributed by atoms with Crippen LogP contribution in [-0.4, -0.2) is 5.91 Å². The maximum atomic E-state index is 13.5. The monoisotopic (exact) mass is 335 g/mol. The Morgan fingerprint density at radius 3 is 2.40 bits per heavy atom. The molecule has 4 heteroatoms. The summed E-state index contributed by atoms with van der Waals surface area (Å²) in [6.45, 7) is 3.85. The average molecular weight is 336 g/mol. The van der Waals surface area contributed by atoms with Crippen molar-refractivity contribution in [3.63, 3.8) is 0 Å². The fourth-order valence-corrected chi connectivity index (χ4v) is 2.79. The lowest BCUT2D eigenvalue weighted by Gasteiger charge is -2.12. The number of hydrogen-bond donors (Lipinski definition) is 1. The predicted octanol–water partition coefficient (Wildman–Crippen LogP) is 4.39. The van der Waals surface area contributed by atoms with E-state index in [9.17, 15) is 9.18 Å². The van der Waals surface area contributed by atoms with Crippen LogP contribution < -0.4 is 5.32 Å². The summed E-state index contributed by atoms with van der Waals surface area (Å²) < 4.78 is 14.5. The molecule has 0 radical (unpaired) electrons. The van der Waals surface area contributed by atoms with E-state index in [0.717, 1.165) is 21.3 Å². The van der Waals surface area contributed by atoms with Crippen molar-refractivity contribution in [2.45, 2.75) is 20.3 Å². The molecule has 0 aromatic heterocycles. The Kier molecular flexibility index (Phi) is 4.55. The first-order valence-electron chi connectivity index (χ1n) is 6.27. The molecule has 0 atom stereocenters. The van der Waals surface area contributed by atoms with Crippen molar-refractivity contribution < 1.29 is 9.18 Å². The van der Waals surface area contributed by atoms with Crippen LogP contribution in [0.25, 0.3) is 0 Å². The molecule has 2 aromatic carbocycles. The van der Waals surface area contributed by atoms with Gasteiger partial charge in [-0.25, -0.2) is 4.39 Å². The van der Waals surface area contributed by atoms with Crippen LogP contribution in [0.15, 0.2) is 40.9 Å². The molecule has 1 amide bonds. The minimum absolute atomic E-state index is 0.0294. The minimum atomic E-state index is -0.355. The molecule has 0 aliphatic heterocycles. The van der Waals surface area contributed by atoms with Gasteiger partial charge in [-0.3, -0.25) is 4.79 Å². The highest BCUT2D eigenvalue weighted by atomic mass is 79.9. The van der Waals surface area contributed by atoms with Crippen molar-refractivity contribution in [3.05, 3.63) is 63.4 Å². The van der Waals surface area contributed by atoms with Crippen LogP contribution in [-0.2, 0) is 11.2 Å². The van der Waals surface area contributed by atoms with Gasteiger partial charge in [0.1, 0.15) is 5.82 Å². The van der Waals surface area contributed by atoms with Crippen molar-refractivity contribution in [2.75, 3.05) is 5.32 Å². The number of nitrogens with one attached hydrogen (secondary N) is 1. The zero-order chi connectivity index (χ0) is 14.7. The summed E-state index contributed by atoms with van der Waals surface area (Å²) in [4.78, 5) is 12.0. The molecule has 2 rings (SSSR count). The summed E-state index contributed by atoms with van der Waals surface area (Å²) in [5.74, 6) is -0.574. The number of rotatable bonds is 3. The van der Waals surface area contributed by atoms with Gasteiger partial charge in [-0.15, -0.1) is 0 Å². The molecule has 0 fully saturated rings. The average Bonchev–Trinajstić information content (AvgIpc) is 2.36. The predicted molar refractivity (Wildman–Crippen MR) is 82.3 cm³/mol. The van der Waals surface area contributed by atoms with E-state index in [-0.39, 0.29) is 18.1 Å². The second kappa shape index (κ2) is 6.18. The molecule has 0 aliphatic rings. The molecule has 2 nitrogen and oxygen atoms in total. The summed E-state index contributed by atoms with van der Waals surface area (Å²) in [5.41, 5.74) is 3.13. The van der Waals surface area contributed by atoms with E-state index in [1.165, 1.54) is 6.07 Å². The van der Waals surface area contributed by atoms with E-state index in [1.54, 1.807) is 18.2 Å². The van der Waals surface area contributed by atoms with E-state index in [1.807, 2.05) is 26.0 Å². The number of halogens is 2. The molecule has 0 unspecified atom stereocenters. The van der Waals surface area contributed by atoms with Gasteiger partial charge in [0.05, 0.1) is 6.42 Å². The molecule has 0 saturated carbocycles. The fourth-order valence-electron chi connectivity index (χ4n) is 2.11. The maximum absolute atomic E-state index is 13.5. The molecule has 0 saturated heterocycles. The van der Waals surface area contributed by atoms with Crippen LogP contribution in [0.1, 0.15) is 16.7 Å². The van der Waals surface area contributed by atoms with Crippen LogP contribution >= 0.6 is 15.9 Å². The number of carbonyl (C=O) groups is 1. The van der Waals surface area contributed by atoms with Gasteiger partial charge in [0, 0.05) is 10.2 Å². The number of carbonyl (C=O) groups excluding carboxylic acids is 1. The zero-order valence-electron chi connectivity index (χ0n) is 11.3. The highest BCUT2D eigenvalue weighted by Crippen LogP contribution is 2.25. The van der Waals surface area contributed by atoms with Gasteiger partial charge in [-0.1, -0.05) is 34.1 Å². The Bertz CT molecular complexity index is 632. The minimum Gasteiger partial charge on any atom is -0.325 e. The van der Waals surface area contributed by atoms with Gasteiger partial charge in [-0.2, -0.15) is 0 Å². The van der Waals surface area contributed by atoms with Crippen LogP contribution in [0.3, 0.4) is 0 Å². The standard InChI is InChI=1S/C16H15BrFNO/c1-10-7-13(17)8-11(2)16(10)19-15(20)9-12-5-3-4-6-14(12)18/h3-8H,9H2,1-2H3,(H,19,20). The Morgan fingerprint density at radius 1 is 1.20 bits per heavy atom. The topological polar surface area (TPSA) is 29.1 Å². The van der Waals surface area contributed by atoms with Gasteiger partial charge in [0.2, 0.25) is 5.91 Å². The molecule has 20 heavy (non-hydrogen) atoms. The van der Waals surface area contributed by atoms with E-state index in [2.05, 4.69) is 21.2 Å². The van der Waals surface area contributed by atoms with Gasteiger partial charge in [-0.05, 0) is 48.7 Å². The smallest absolute Gasteiger partial charge is 0.228 e. The highest BCUT2D eigenvalue weighted by molar-refractivity contribution is 9.10. The normalized spacial score (nSPS) is 10.4. The molecule has 0 aliphatic carbocycles. The van der Waals surface area contributed by atoms with E-state index in [4.69, 9.17) is 0 Å². The number of aryl methyl sites for hydroxylation is 2. The van der Waals surface area contributed by atoms with Crippen molar-refractivity contribution in [3.8, 4) is 0 Å². The van der Waals surface area contributed by atoms with E-state index in [0.29, 0.717) is 5.56 Å². The summed E-state index contributed by atoms with van der Waals surface area (Å²) in [7, 11) is 0. The van der Waals surface area contributed by atoms with Crippen molar-refractivity contribution in [1.29, 1.82) is 0 Å². The van der Waals surface area contributed by atoms with Crippen molar-refractivity contribution >= 4 is 27.5 Å². The molecule has 2 aromatic rings. The molecule has 0 heterocycles. The largest absolute Gasteiger partial charge is 0.325 e. The van der Waals surface area contributed by atoms with Gasteiger partial charge in [0.25, 0.3) is 0 Å². The summed E-state index contributed by atoms with van der Waals surface area (Å²) in [5, 5.41) is 2.85. The quantitative estimate of drug-likeness (QED) is 0.885. The lowest BCUT2D eigenvalue weighted by atomic mass is 10.1. The van der Waals surface area contributed by atoms with Gasteiger partial charge >= 0.3 is 0 Å². The van der Waals surface area contributed by atoms with Crippen LogP contribution in [0.5, 0.6) is 0 Å². The molecular weight excluding hydrogens is 321 g/mol. The Labute approximate surface area is 126 Å². The van der Waals surface area contributed by atoms with Crippen LogP contribution in [0, 0.1) is 19.7 Å².